The van der Waals surface area contributed by atoms with E-state index in [-0.39, 0.29) is 11.8 Å². The van der Waals surface area contributed by atoms with Crippen LogP contribution < -0.4 is 14.8 Å². The van der Waals surface area contributed by atoms with E-state index in [4.69, 9.17) is 9.47 Å². The Labute approximate surface area is 149 Å². The fraction of sp³-hybridized carbons (Fsp3) is 0.533. The normalized spacial score (nSPS) is 19.1. The van der Waals surface area contributed by atoms with Gasteiger partial charge in [0.1, 0.15) is 13.2 Å². The van der Waals surface area contributed by atoms with E-state index in [2.05, 4.69) is 21.2 Å². The SMILES string of the molecule is CS(=O)(=O)N1CCC(C(=O)Nc2cc3c(cc2Br)OCCO3)CC1. The Balaban J connectivity index is 1.65. The van der Waals surface area contributed by atoms with Gasteiger partial charge in [0, 0.05) is 35.6 Å². The summed E-state index contributed by atoms with van der Waals surface area (Å²) in [5, 5.41) is 2.89. The van der Waals surface area contributed by atoms with Crippen LogP contribution in [0.3, 0.4) is 0 Å². The highest BCUT2D eigenvalue weighted by molar-refractivity contribution is 9.10. The second-order valence-corrected chi connectivity index (χ2v) is 8.74. The summed E-state index contributed by atoms with van der Waals surface area (Å²) in [7, 11) is -3.19. The van der Waals surface area contributed by atoms with Gasteiger partial charge in [0.15, 0.2) is 11.5 Å². The Bertz CT molecular complexity index is 744. The van der Waals surface area contributed by atoms with E-state index in [1.165, 1.54) is 10.6 Å². The number of benzene rings is 1. The van der Waals surface area contributed by atoms with Crippen molar-refractivity contribution in [1.82, 2.24) is 4.31 Å². The Morgan fingerprint density at radius 3 is 2.38 bits per heavy atom. The molecule has 0 atom stereocenters. The predicted molar refractivity (Wildman–Crippen MR) is 92.9 cm³/mol. The summed E-state index contributed by atoms with van der Waals surface area (Å²) < 4.78 is 36.2. The number of ether oxygens (including phenoxy) is 2. The number of carbonyl (C=O) groups is 1. The Kier molecular flexibility index (Phi) is 5.03. The number of fused-ring (bicyclic) bond motifs is 1. The summed E-state index contributed by atoms with van der Waals surface area (Å²) in [6.45, 7) is 1.73. The largest absolute Gasteiger partial charge is 0.486 e. The molecule has 24 heavy (non-hydrogen) atoms. The quantitative estimate of drug-likeness (QED) is 0.808. The van der Waals surface area contributed by atoms with Crippen LogP contribution in [0.5, 0.6) is 11.5 Å². The lowest BCUT2D eigenvalue weighted by atomic mass is 9.97. The number of carbonyl (C=O) groups excluding carboxylic acids is 1. The molecule has 0 unspecified atom stereocenters. The van der Waals surface area contributed by atoms with Crippen LogP contribution in [0.4, 0.5) is 5.69 Å². The molecular formula is C15H19BrN2O5S. The smallest absolute Gasteiger partial charge is 0.227 e. The molecule has 1 N–H and O–H groups in total. The zero-order valence-electron chi connectivity index (χ0n) is 13.2. The van der Waals surface area contributed by atoms with Gasteiger partial charge < -0.3 is 14.8 Å². The maximum Gasteiger partial charge on any atom is 0.227 e. The summed E-state index contributed by atoms with van der Waals surface area (Å²) >= 11 is 3.43. The molecule has 0 spiro atoms. The number of rotatable bonds is 3. The molecule has 9 heteroatoms. The molecule has 1 aromatic carbocycles. The maximum atomic E-state index is 12.5. The van der Waals surface area contributed by atoms with Gasteiger partial charge >= 0.3 is 0 Å². The third-order valence-corrected chi connectivity index (χ3v) is 6.14. The van der Waals surface area contributed by atoms with E-state index >= 15 is 0 Å². The van der Waals surface area contributed by atoms with Gasteiger partial charge in [-0.05, 0) is 28.8 Å². The van der Waals surface area contributed by atoms with Gasteiger partial charge in [0.05, 0.1) is 11.9 Å². The highest BCUT2D eigenvalue weighted by Crippen LogP contribution is 2.38. The zero-order valence-corrected chi connectivity index (χ0v) is 15.7. The number of anilines is 1. The summed E-state index contributed by atoms with van der Waals surface area (Å²) in [6, 6.07) is 3.51. The molecule has 1 aromatic rings. The lowest BCUT2D eigenvalue weighted by molar-refractivity contribution is -0.120. The molecule has 1 amide bonds. The molecule has 2 aliphatic heterocycles. The predicted octanol–water partition coefficient (Wildman–Crippen LogP) is 1.83. The molecular weight excluding hydrogens is 400 g/mol. The molecule has 7 nitrogen and oxygen atoms in total. The van der Waals surface area contributed by atoms with Crippen molar-refractivity contribution < 1.29 is 22.7 Å². The van der Waals surface area contributed by atoms with Gasteiger partial charge in [-0.25, -0.2) is 12.7 Å². The third kappa shape index (κ3) is 3.84. The highest BCUT2D eigenvalue weighted by atomic mass is 79.9. The summed E-state index contributed by atoms with van der Waals surface area (Å²) in [5.74, 6) is 0.933. The third-order valence-electron chi connectivity index (χ3n) is 4.18. The van der Waals surface area contributed by atoms with Crippen LogP contribution in [-0.2, 0) is 14.8 Å². The van der Waals surface area contributed by atoms with Crippen LogP contribution in [0.2, 0.25) is 0 Å². The molecule has 0 radical (unpaired) electrons. The van der Waals surface area contributed by atoms with Gasteiger partial charge in [-0.3, -0.25) is 4.79 Å². The van der Waals surface area contributed by atoms with Crippen molar-refractivity contribution in [3.8, 4) is 11.5 Å². The zero-order chi connectivity index (χ0) is 17.3. The first-order valence-corrected chi connectivity index (χ1v) is 10.3. The fourth-order valence-electron chi connectivity index (χ4n) is 2.84. The standard InChI is InChI=1S/C15H19BrN2O5S/c1-24(20,21)18-4-2-10(3-5-18)15(19)17-12-9-14-13(8-11(12)16)22-6-7-23-14/h8-10H,2-7H2,1H3,(H,17,19). The number of hydrogen-bond donors (Lipinski definition) is 1. The van der Waals surface area contributed by atoms with E-state index in [9.17, 15) is 13.2 Å². The Hall–Kier alpha value is -1.32. The molecule has 0 saturated carbocycles. The number of piperidine rings is 1. The summed E-state index contributed by atoms with van der Waals surface area (Å²) in [4.78, 5) is 12.5. The molecule has 0 aliphatic carbocycles. The minimum Gasteiger partial charge on any atom is -0.486 e. The van der Waals surface area contributed by atoms with Crippen LogP contribution in [0.1, 0.15) is 12.8 Å². The fourth-order valence-corrected chi connectivity index (χ4v) is 4.14. The molecule has 1 saturated heterocycles. The van der Waals surface area contributed by atoms with E-state index in [1.54, 1.807) is 12.1 Å². The lowest BCUT2D eigenvalue weighted by Gasteiger charge is -2.29. The minimum atomic E-state index is -3.19. The van der Waals surface area contributed by atoms with Crippen molar-refractivity contribution in [2.75, 3.05) is 37.9 Å². The second-order valence-electron chi connectivity index (χ2n) is 5.90. The first-order valence-electron chi connectivity index (χ1n) is 7.70. The van der Waals surface area contributed by atoms with E-state index in [0.717, 1.165) is 0 Å². The minimum absolute atomic E-state index is 0.111. The number of nitrogens with zero attached hydrogens (tertiary/aromatic N) is 1. The second kappa shape index (κ2) is 6.89. The van der Waals surface area contributed by atoms with Gasteiger partial charge in [-0.1, -0.05) is 0 Å². The molecule has 132 valence electrons. The average molecular weight is 419 g/mol. The number of nitrogens with one attached hydrogen (secondary N) is 1. The molecule has 0 bridgehead atoms. The van der Waals surface area contributed by atoms with Crippen molar-refractivity contribution in [2.45, 2.75) is 12.8 Å². The summed E-state index contributed by atoms with van der Waals surface area (Å²) in [6.07, 6.45) is 2.22. The van der Waals surface area contributed by atoms with Crippen LogP contribution >= 0.6 is 15.9 Å². The monoisotopic (exact) mass is 418 g/mol. The van der Waals surface area contributed by atoms with Crippen molar-refractivity contribution in [2.24, 2.45) is 5.92 Å². The lowest BCUT2D eigenvalue weighted by Crippen LogP contribution is -2.40. The molecule has 3 rings (SSSR count). The van der Waals surface area contributed by atoms with Gasteiger partial charge in [0.25, 0.3) is 0 Å². The van der Waals surface area contributed by atoms with E-state index in [1.807, 2.05) is 0 Å². The molecule has 0 aromatic heterocycles. The first kappa shape index (κ1) is 17.5. The number of halogens is 1. The van der Waals surface area contributed by atoms with E-state index < -0.39 is 10.0 Å². The Morgan fingerprint density at radius 1 is 1.21 bits per heavy atom. The van der Waals surface area contributed by atoms with Crippen LogP contribution in [-0.4, -0.2) is 51.2 Å². The highest BCUT2D eigenvalue weighted by Gasteiger charge is 2.29. The van der Waals surface area contributed by atoms with Crippen molar-refractivity contribution in [3.05, 3.63) is 16.6 Å². The van der Waals surface area contributed by atoms with Gasteiger partial charge in [-0.15, -0.1) is 0 Å². The first-order chi connectivity index (χ1) is 11.3. The van der Waals surface area contributed by atoms with Crippen molar-refractivity contribution in [1.29, 1.82) is 0 Å². The topological polar surface area (TPSA) is 84.9 Å². The molecule has 2 aliphatic rings. The summed E-state index contributed by atoms with van der Waals surface area (Å²) in [5.41, 5.74) is 0.620. The number of sulfonamides is 1. The van der Waals surface area contributed by atoms with Gasteiger partial charge in [-0.2, -0.15) is 0 Å². The van der Waals surface area contributed by atoms with Crippen LogP contribution in [0, 0.1) is 5.92 Å². The molecule has 2 heterocycles. The maximum absolute atomic E-state index is 12.5. The average Bonchev–Trinajstić information content (AvgIpc) is 2.55. The van der Waals surface area contributed by atoms with Gasteiger partial charge in [0.2, 0.25) is 15.9 Å². The number of hydrogen-bond acceptors (Lipinski definition) is 5. The van der Waals surface area contributed by atoms with Crippen molar-refractivity contribution in [3.63, 3.8) is 0 Å². The van der Waals surface area contributed by atoms with Crippen LogP contribution in [0.15, 0.2) is 16.6 Å². The van der Waals surface area contributed by atoms with Crippen LogP contribution in [0.25, 0.3) is 0 Å². The Morgan fingerprint density at radius 2 is 1.79 bits per heavy atom. The van der Waals surface area contributed by atoms with Crippen molar-refractivity contribution >= 4 is 37.5 Å². The molecule has 1 fully saturated rings. The number of amides is 1. The van der Waals surface area contributed by atoms with E-state index in [0.29, 0.717) is 60.8 Å².